The van der Waals surface area contributed by atoms with Crippen molar-refractivity contribution in [1.29, 1.82) is 0 Å². The van der Waals surface area contributed by atoms with Crippen LogP contribution >= 0.6 is 0 Å². The molecule has 0 aliphatic carbocycles. The van der Waals surface area contributed by atoms with Crippen molar-refractivity contribution >= 4 is 17.9 Å². The molecule has 0 spiro atoms. The number of carbonyl (C=O) groups is 3. The molecular formula is C52H92O6. The summed E-state index contributed by atoms with van der Waals surface area (Å²) in [4.78, 5) is 37.8. The third kappa shape index (κ3) is 44.5. The average molecular weight is 813 g/mol. The molecule has 0 bridgehead atoms. The van der Waals surface area contributed by atoms with Crippen molar-refractivity contribution in [3.05, 3.63) is 48.6 Å². The van der Waals surface area contributed by atoms with Crippen LogP contribution < -0.4 is 0 Å². The summed E-state index contributed by atoms with van der Waals surface area (Å²) in [5.74, 6) is -0.952. The predicted molar refractivity (Wildman–Crippen MR) is 247 cm³/mol. The molecule has 0 aromatic rings. The molecule has 58 heavy (non-hydrogen) atoms. The maximum atomic E-state index is 12.7. The van der Waals surface area contributed by atoms with E-state index in [1.807, 2.05) is 0 Å². The Morgan fingerprint density at radius 1 is 0.345 bits per heavy atom. The van der Waals surface area contributed by atoms with Crippen LogP contribution in [0.15, 0.2) is 48.6 Å². The van der Waals surface area contributed by atoms with Crippen LogP contribution in [-0.2, 0) is 28.6 Å². The van der Waals surface area contributed by atoms with Crippen molar-refractivity contribution in [2.45, 2.75) is 252 Å². The van der Waals surface area contributed by atoms with Crippen LogP contribution in [0.5, 0.6) is 0 Å². The first-order valence-corrected chi connectivity index (χ1v) is 24.6. The summed E-state index contributed by atoms with van der Waals surface area (Å²) in [6.45, 7) is 6.54. The van der Waals surface area contributed by atoms with Gasteiger partial charge in [0.1, 0.15) is 13.2 Å². The minimum Gasteiger partial charge on any atom is -0.462 e. The van der Waals surface area contributed by atoms with Gasteiger partial charge in [-0.25, -0.2) is 0 Å². The Kier molecular flexibility index (Phi) is 44.9. The van der Waals surface area contributed by atoms with Crippen LogP contribution in [0, 0.1) is 0 Å². The molecule has 0 unspecified atom stereocenters. The van der Waals surface area contributed by atoms with E-state index < -0.39 is 6.10 Å². The van der Waals surface area contributed by atoms with E-state index in [1.165, 1.54) is 128 Å². The van der Waals surface area contributed by atoms with Gasteiger partial charge in [0, 0.05) is 19.3 Å². The van der Waals surface area contributed by atoms with Crippen molar-refractivity contribution in [2.75, 3.05) is 13.2 Å². The van der Waals surface area contributed by atoms with Crippen molar-refractivity contribution < 1.29 is 28.6 Å². The van der Waals surface area contributed by atoms with E-state index in [2.05, 4.69) is 69.4 Å². The van der Waals surface area contributed by atoms with E-state index >= 15 is 0 Å². The van der Waals surface area contributed by atoms with E-state index in [0.29, 0.717) is 19.3 Å². The standard InChI is InChI=1S/C52H92O6/c1-4-7-10-13-16-19-22-24-25-26-27-28-31-33-36-39-42-45-51(54)57-48-49(58-52(55)46-43-40-37-34-29-21-18-15-12-9-6-3)47-56-50(53)44-41-38-35-32-30-23-20-17-14-11-8-5-2/h15,18,24-25,27-28,33,36,49H,4-14,16-17,19-23,26,29-32,34-35,37-48H2,1-3H3/b18-15-,25-24-,28-27-,36-33-/t49-/m0/s1. The van der Waals surface area contributed by atoms with Crippen molar-refractivity contribution in [2.24, 2.45) is 0 Å². The molecule has 0 aromatic carbocycles. The lowest BCUT2D eigenvalue weighted by atomic mass is 10.0. The van der Waals surface area contributed by atoms with Gasteiger partial charge in [0.2, 0.25) is 0 Å². The maximum Gasteiger partial charge on any atom is 0.306 e. The highest BCUT2D eigenvalue weighted by molar-refractivity contribution is 5.71. The smallest absolute Gasteiger partial charge is 0.306 e. The first-order chi connectivity index (χ1) is 28.5. The molecular weight excluding hydrogens is 721 g/mol. The molecule has 0 N–H and O–H groups in total. The number of carbonyl (C=O) groups excluding carboxylic acids is 3. The molecule has 336 valence electrons. The normalized spacial score (nSPS) is 12.4. The van der Waals surface area contributed by atoms with E-state index in [-0.39, 0.29) is 37.5 Å². The second-order valence-electron chi connectivity index (χ2n) is 16.4. The topological polar surface area (TPSA) is 78.9 Å². The molecule has 1 atom stereocenters. The Morgan fingerprint density at radius 3 is 1.10 bits per heavy atom. The summed E-state index contributed by atoms with van der Waals surface area (Å²) >= 11 is 0. The fourth-order valence-electron chi connectivity index (χ4n) is 6.79. The van der Waals surface area contributed by atoms with Crippen LogP contribution in [0.4, 0.5) is 0 Å². The van der Waals surface area contributed by atoms with Crippen LogP contribution in [-0.4, -0.2) is 37.2 Å². The van der Waals surface area contributed by atoms with Gasteiger partial charge in [0.15, 0.2) is 6.10 Å². The zero-order valence-corrected chi connectivity index (χ0v) is 38.3. The van der Waals surface area contributed by atoms with Crippen molar-refractivity contribution in [3.63, 3.8) is 0 Å². The number of esters is 3. The Labute approximate surface area is 358 Å². The van der Waals surface area contributed by atoms with Gasteiger partial charge < -0.3 is 14.2 Å². The largest absolute Gasteiger partial charge is 0.462 e. The molecule has 0 aromatic heterocycles. The van der Waals surface area contributed by atoms with E-state index in [4.69, 9.17) is 14.2 Å². The highest BCUT2D eigenvalue weighted by Crippen LogP contribution is 2.14. The zero-order chi connectivity index (χ0) is 42.3. The number of hydrogen-bond donors (Lipinski definition) is 0. The number of rotatable bonds is 44. The lowest BCUT2D eigenvalue weighted by Crippen LogP contribution is -2.30. The fourth-order valence-corrected chi connectivity index (χ4v) is 6.79. The zero-order valence-electron chi connectivity index (χ0n) is 38.3. The fraction of sp³-hybridized carbons (Fsp3) is 0.788. The van der Waals surface area contributed by atoms with Gasteiger partial charge in [0.25, 0.3) is 0 Å². The molecule has 0 aliphatic heterocycles. The first-order valence-electron chi connectivity index (χ1n) is 24.6. The third-order valence-electron chi connectivity index (χ3n) is 10.6. The van der Waals surface area contributed by atoms with Gasteiger partial charge >= 0.3 is 17.9 Å². The average Bonchev–Trinajstić information content (AvgIpc) is 3.22. The lowest BCUT2D eigenvalue weighted by molar-refractivity contribution is -0.167. The molecule has 0 heterocycles. The van der Waals surface area contributed by atoms with Gasteiger partial charge in [-0.1, -0.05) is 204 Å². The van der Waals surface area contributed by atoms with E-state index in [9.17, 15) is 14.4 Å². The number of ether oxygens (including phenoxy) is 3. The van der Waals surface area contributed by atoms with Gasteiger partial charge in [-0.3, -0.25) is 14.4 Å². The Balaban J connectivity index is 4.42. The molecule has 0 radical (unpaired) electrons. The van der Waals surface area contributed by atoms with Crippen LogP contribution in [0.25, 0.3) is 0 Å². The molecule has 0 rings (SSSR count). The summed E-state index contributed by atoms with van der Waals surface area (Å²) in [5.41, 5.74) is 0. The summed E-state index contributed by atoms with van der Waals surface area (Å²) < 4.78 is 16.7. The summed E-state index contributed by atoms with van der Waals surface area (Å²) in [7, 11) is 0. The second-order valence-corrected chi connectivity index (χ2v) is 16.4. The Hall–Kier alpha value is -2.63. The quantitative estimate of drug-likeness (QED) is 0.0264. The van der Waals surface area contributed by atoms with E-state index in [0.717, 1.165) is 70.6 Å². The molecule has 0 fully saturated rings. The SMILES string of the molecule is CCCC/C=C\CCCCCCCC(=O)O[C@H](COC(=O)CCC/C=C\C/C=C\C/C=C\CCCCCCCC)COC(=O)CCCCCCCCCCCCCC. The number of unbranched alkanes of at least 4 members (excludes halogenated alkanes) is 25. The minimum atomic E-state index is -0.793. The lowest BCUT2D eigenvalue weighted by Gasteiger charge is -2.18. The monoisotopic (exact) mass is 813 g/mol. The molecule has 0 aliphatic rings. The highest BCUT2D eigenvalue weighted by Gasteiger charge is 2.19. The predicted octanol–water partition coefficient (Wildman–Crippen LogP) is 15.9. The third-order valence-corrected chi connectivity index (χ3v) is 10.6. The Bertz CT molecular complexity index is 1030. The highest BCUT2D eigenvalue weighted by atomic mass is 16.6. The van der Waals surface area contributed by atoms with Crippen molar-refractivity contribution in [1.82, 2.24) is 0 Å². The number of allylic oxidation sites excluding steroid dienone is 8. The van der Waals surface area contributed by atoms with Gasteiger partial charge in [-0.2, -0.15) is 0 Å². The summed E-state index contributed by atoms with van der Waals surface area (Å²) in [6.07, 6.45) is 55.3. The van der Waals surface area contributed by atoms with Crippen LogP contribution in [0.1, 0.15) is 245 Å². The summed E-state index contributed by atoms with van der Waals surface area (Å²) in [5, 5.41) is 0. The maximum absolute atomic E-state index is 12.7. The summed E-state index contributed by atoms with van der Waals surface area (Å²) in [6, 6.07) is 0. The van der Waals surface area contributed by atoms with Crippen LogP contribution in [0.3, 0.4) is 0 Å². The van der Waals surface area contributed by atoms with E-state index in [1.54, 1.807) is 0 Å². The first kappa shape index (κ1) is 55.4. The van der Waals surface area contributed by atoms with Gasteiger partial charge in [-0.05, 0) is 70.6 Å². The van der Waals surface area contributed by atoms with Crippen LogP contribution in [0.2, 0.25) is 0 Å². The Morgan fingerprint density at radius 2 is 0.655 bits per heavy atom. The number of hydrogen-bond acceptors (Lipinski definition) is 6. The second kappa shape index (κ2) is 47.1. The van der Waals surface area contributed by atoms with Gasteiger partial charge in [0.05, 0.1) is 0 Å². The molecule has 6 nitrogen and oxygen atoms in total. The molecule has 0 amide bonds. The van der Waals surface area contributed by atoms with Crippen molar-refractivity contribution in [3.8, 4) is 0 Å². The molecule has 0 saturated carbocycles. The minimum absolute atomic E-state index is 0.0902. The van der Waals surface area contributed by atoms with Gasteiger partial charge in [-0.15, -0.1) is 0 Å². The molecule has 0 saturated heterocycles. The molecule has 6 heteroatoms.